The lowest BCUT2D eigenvalue weighted by Crippen LogP contribution is -2.27. The van der Waals surface area contributed by atoms with E-state index in [4.69, 9.17) is 11.6 Å². The van der Waals surface area contributed by atoms with Crippen molar-refractivity contribution < 1.29 is 35.5 Å². The Labute approximate surface area is 146 Å². The number of carbonyl (C=O) groups excluding carboxylic acids is 1. The number of carbonyl (C=O) groups is 1. The molecule has 1 heterocycles. The molecule has 0 spiro atoms. The molecule has 0 aliphatic heterocycles. The molecule has 2 rings (SSSR count). The smallest absolute Gasteiger partial charge is 0.283 e. The van der Waals surface area contributed by atoms with E-state index in [-0.39, 0.29) is 5.69 Å². The highest BCUT2D eigenvalue weighted by Gasteiger charge is 2.30. The monoisotopic (exact) mass is 403 g/mol. The standard InChI is InChI=1S/C14H9ClF7N3O/c1-3-5(15)11(13(21)22)24-25(3)4(2)14(26)23-12-9(19)7(17)6(16)8(18)10(12)20/h4,13H,1-2H3,(H,23,26)/t4-/m1/s1. The number of hydrogen-bond donors (Lipinski definition) is 1. The Kier molecular flexibility index (Phi) is 5.49. The fourth-order valence-corrected chi connectivity index (χ4v) is 2.30. The lowest BCUT2D eigenvalue weighted by Gasteiger charge is -2.16. The van der Waals surface area contributed by atoms with E-state index in [9.17, 15) is 35.5 Å². The summed E-state index contributed by atoms with van der Waals surface area (Å²) in [6.45, 7) is 2.36. The number of nitrogens with zero attached hydrogens (tertiary/aromatic N) is 2. The number of halogens is 8. The molecule has 0 aliphatic carbocycles. The molecule has 12 heteroatoms. The van der Waals surface area contributed by atoms with E-state index in [0.717, 1.165) is 11.6 Å². The SMILES string of the molecule is Cc1c(Cl)c(C(F)F)nn1[C@H](C)C(=O)Nc1c(F)c(F)c(F)c(F)c1F. The van der Waals surface area contributed by atoms with Crippen molar-refractivity contribution in [2.45, 2.75) is 26.3 Å². The molecule has 0 saturated heterocycles. The van der Waals surface area contributed by atoms with Crippen LogP contribution in [0.25, 0.3) is 0 Å². The minimum Gasteiger partial charge on any atom is -0.319 e. The first-order valence-electron chi connectivity index (χ1n) is 6.83. The van der Waals surface area contributed by atoms with E-state index in [0.29, 0.717) is 0 Å². The second kappa shape index (κ2) is 7.14. The third kappa shape index (κ3) is 3.22. The van der Waals surface area contributed by atoms with Crippen LogP contribution in [0, 0.1) is 36.0 Å². The van der Waals surface area contributed by atoms with Crippen LogP contribution in [0.3, 0.4) is 0 Å². The first kappa shape index (κ1) is 20.0. The molecule has 1 aromatic carbocycles. The van der Waals surface area contributed by atoms with Crippen molar-refractivity contribution in [3.05, 3.63) is 45.5 Å². The van der Waals surface area contributed by atoms with E-state index >= 15 is 0 Å². The molecule has 0 saturated carbocycles. The van der Waals surface area contributed by atoms with Crippen LogP contribution in [-0.2, 0) is 4.79 Å². The van der Waals surface area contributed by atoms with Crippen LogP contribution in [0.2, 0.25) is 5.02 Å². The number of amides is 1. The van der Waals surface area contributed by atoms with Crippen LogP contribution >= 0.6 is 11.6 Å². The summed E-state index contributed by atoms with van der Waals surface area (Å²) in [4.78, 5) is 12.1. The molecule has 0 fully saturated rings. The second-order valence-electron chi connectivity index (χ2n) is 5.14. The molecule has 142 valence electrons. The topological polar surface area (TPSA) is 46.9 Å². The van der Waals surface area contributed by atoms with Crippen molar-refractivity contribution in [2.75, 3.05) is 5.32 Å². The Morgan fingerprint density at radius 3 is 1.92 bits per heavy atom. The zero-order valence-corrected chi connectivity index (χ0v) is 13.7. The van der Waals surface area contributed by atoms with Gasteiger partial charge in [0, 0.05) is 0 Å². The van der Waals surface area contributed by atoms with Gasteiger partial charge in [0.1, 0.15) is 17.4 Å². The molecule has 2 aromatic rings. The van der Waals surface area contributed by atoms with Gasteiger partial charge in [-0.05, 0) is 13.8 Å². The van der Waals surface area contributed by atoms with Gasteiger partial charge in [-0.2, -0.15) is 5.10 Å². The Bertz CT molecular complexity index is 855. The van der Waals surface area contributed by atoms with Crippen LogP contribution in [-0.4, -0.2) is 15.7 Å². The molecule has 1 aromatic heterocycles. The normalized spacial score (nSPS) is 12.6. The van der Waals surface area contributed by atoms with Crippen LogP contribution in [0.5, 0.6) is 0 Å². The van der Waals surface area contributed by atoms with Crippen LogP contribution < -0.4 is 5.32 Å². The predicted octanol–water partition coefficient (Wildman–Crippen LogP) is 4.68. The highest BCUT2D eigenvalue weighted by Crippen LogP contribution is 2.31. The molecule has 0 unspecified atom stereocenters. The van der Waals surface area contributed by atoms with Gasteiger partial charge in [0.05, 0.1) is 10.7 Å². The zero-order valence-electron chi connectivity index (χ0n) is 13.0. The van der Waals surface area contributed by atoms with Crippen molar-refractivity contribution in [1.82, 2.24) is 9.78 Å². The molecule has 1 N–H and O–H groups in total. The largest absolute Gasteiger partial charge is 0.319 e. The van der Waals surface area contributed by atoms with E-state index in [1.54, 1.807) is 5.32 Å². The van der Waals surface area contributed by atoms with Gasteiger partial charge in [-0.15, -0.1) is 0 Å². The summed E-state index contributed by atoms with van der Waals surface area (Å²) in [5.41, 5.74) is -2.44. The minimum absolute atomic E-state index is 0.0537. The van der Waals surface area contributed by atoms with Crippen LogP contribution in [0.15, 0.2) is 0 Å². The first-order chi connectivity index (χ1) is 12.0. The summed E-state index contributed by atoms with van der Waals surface area (Å²) in [5, 5.41) is 4.57. The third-order valence-electron chi connectivity index (χ3n) is 3.51. The maximum Gasteiger partial charge on any atom is 0.283 e. The molecule has 26 heavy (non-hydrogen) atoms. The van der Waals surface area contributed by atoms with Crippen molar-refractivity contribution >= 4 is 23.2 Å². The van der Waals surface area contributed by atoms with Crippen LogP contribution in [0.1, 0.15) is 30.8 Å². The van der Waals surface area contributed by atoms with Gasteiger partial charge in [0.25, 0.3) is 6.43 Å². The second-order valence-corrected chi connectivity index (χ2v) is 5.52. The highest BCUT2D eigenvalue weighted by atomic mass is 35.5. The molecule has 0 aliphatic rings. The number of benzene rings is 1. The van der Waals surface area contributed by atoms with Gasteiger partial charge >= 0.3 is 0 Å². The summed E-state index contributed by atoms with van der Waals surface area (Å²) in [5.74, 6) is -12.6. The lowest BCUT2D eigenvalue weighted by molar-refractivity contribution is -0.119. The van der Waals surface area contributed by atoms with Crippen molar-refractivity contribution in [3.63, 3.8) is 0 Å². The van der Waals surface area contributed by atoms with Gasteiger partial charge in [-0.3, -0.25) is 9.48 Å². The van der Waals surface area contributed by atoms with E-state index in [2.05, 4.69) is 5.10 Å². The van der Waals surface area contributed by atoms with Crippen molar-refractivity contribution in [1.29, 1.82) is 0 Å². The molecular weight excluding hydrogens is 395 g/mol. The fourth-order valence-electron chi connectivity index (χ4n) is 2.09. The van der Waals surface area contributed by atoms with Gasteiger partial charge in [-0.1, -0.05) is 11.6 Å². The average molecular weight is 404 g/mol. The lowest BCUT2D eigenvalue weighted by atomic mass is 10.2. The Morgan fingerprint density at radius 1 is 1.04 bits per heavy atom. The van der Waals surface area contributed by atoms with E-state index < -0.39 is 63.9 Å². The summed E-state index contributed by atoms with van der Waals surface area (Å²) in [6.07, 6.45) is -3.05. The fraction of sp³-hybridized carbons (Fsp3) is 0.286. The molecular formula is C14H9ClF7N3O. The number of rotatable bonds is 4. The van der Waals surface area contributed by atoms with Crippen molar-refractivity contribution in [3.8, 4) is 0 Å². The van der Waals surface area contributed by atoms with E-state index in [1.165, 1.54) is 6.92 Å². The highest BCUT2D eigenvalue weighted by molar-refractivity contribution is 6.31. The summed E-state index contributed by atoms with van der Waals surface area (Å²) in [6, 6.07) is -1.45. The molecule has 0 radical (unpaired) electrons. The third-order valence-corrected chi connectivity index (χ3v) is 3.98. The molecule has 1 atom stereocenters. The van der Waals surface area contributed by atoms with Gasteiger partial charge in [0.15, 0.2) is 23.3 Å². The average Bonchev–Trinajstić information content (AvgIpc) is 2.90. The summed E-state index contributed by atoms with van der Waals surface area (Å²) >= 11 is 5.67. The van der Waals surface area contributed by atoms with Gasteiger partial charge in [0.2, 0.25) is 11.7 Å². The Morgan fingerprint density at radius 2 is 1.50 bits per heavy atom. The maximum absolute atomic E-state index is 13.6. The molecule has 1 amide bonds. The van der Waals surface area contributed by atoms with Crippen molar-refractivity contribution in [2.24, 2.45) is 0 Å². The Hall–Kier alpha value is -2.30. The van der Waals surface area contributed by atoms with Gasteiger partial charge in [-0.25, -0.2) is 30.7 Å². The minimum atomic E-state index is -3.05. The molecule has 0 bridgehead atoms. The number of alkyl halides is 2. The maximum atomic E-state index is 13.6. The summed E-state index contributed by atoms with van der Waals surface area (Å²) in [7, 11) is 0. The van der Waals surface area contributed by atoms with Crippen LogP contribution in [0.4, 0.5) is 36.4 Å². The zero-order chi connectivity index (χ0) is 19.9. The number of anilines is 1. The number of hydrogen-bond acceptors (Lipinski definition) is 2. The number of nitrogens with one attached hydrogen (secondary N) is 1. The molecule has 4 nitrogen and oxygen atoms in total. The predicted molar refractivity (Wildman–Crippen MR) is 76.5 cm³/mol. The van der Waals surface area contributed by atoms with Gasteiger partial charge < -0.3 is 5.32 Å². The number of aromatic nitrogens is 2. The first-order valence-corrected chi connectivity index (χ1v) is 7.21. The van der Waals surface area contributed by atoms with E-state index in [1.807, 2.05) is 0 Å². The quantitative estimate of drug-likeness (QED) is 0.458. The Balaban J connectivity index is 2.39. The summed E-state index contributed by atoms with van der Waals surface area (Å²) < 4.78 is 92.8.